The highest BCUT2D eigenvalue weighted by Crippen LogP contribution is 2.31. The molecule has 0 atom stereocenters. The van der Waals surface area contributed by atoms with Crippen LogP contribution < -0.4 is 15.6 Å². The van der Waals surface area contributed by atoms with Gasteiger partial charge in [0.25, 0.3) is 5.56 Å². The van der Waals surface area contributed by atoms with E-state index < -0.39 is 5.97 Å². The Balaban J connectivity index is 2.09. The third-order valence-electron chi connectivity index (χ3n) is 4.49. The molecular weight excluding hydrogens is 408 g/mol. The van der Waals surface area contributed by atoms with Crippen LogP contribution in [0.2, 0.25) is 0 Å². The normalized spacial score (nSPS) is 10.7. The van der Waals surface area contributed by atoms with Crippen LogP contribution in [0.1, 0.15) is 16.7 Å². The highest BCUT2D eigenvalue weighted by atomic mass is 32.2. The van der Waals surface area contributed by atoms with Gasteiger partial charge in [-0.05, 0) is 36.8 Å². The van der Waals surface area contributed by atoms with E-state index in [0.29, 0.717) is 29.1 Å². The lowest BCUT2D eigenvalue weighted by atomic mass is 10.1. The quantitative estimate of drug-likeness (QED) is 0.381. The number of aryl methyl sites for hydroxylation is 2. The molecule has 0 aliphatic rings. The Morgan fingerprint density at radius 3 is 2.57 bits per heavy atom. The predicted octanol–water partition coefficient (Wildman–Crippen LogP) is 4.49. The van der Waals surface area contributed by atoms with Gasteiger partial charge in [-0.2, -0.15) is 4.39 Å². The van der Waals surface area contributed by atoms with Crippen molar-refractivity contribution in [2.45, 2.75) is 13.5 Å². The molecule has 156 valence electrons. The second-order valence-electron chi connectivity index (χ2n) is 6.71. The van der Waals surface area contributed by atoms with Crippen LogP contribution in [0.4, 0.5) is 20.3 Å². The van der Waals surface area contributed by atoms with Crippen molar-refractivity contribution in [3.05, 3.63) is 75.5 Å². The van der Waals surface area contributed by atoms with Crippen LogP contribution in [0, 0.1) is 18.2 Å². The smallest absolute Gasteiger partial charge is 0.253 e. The van der Waals surface area contributed by atoms with Gasteiger partial charge in [-0.25, -0.2) is 9.37 Å². The Hall–Kier alpha value is -3.20. The van der Waals surface area contributed by atoms with E-state index in [4.69, 9.17) is 5.41 Å². The van der Waals surface area contributed by atoms with Crippen LogP contribution in [-0.4, -0.2) is 21.8 Å². The molecule has 0 aliphatic heterocycles. The molecule has 0 radical (unpaired) electrons. The van der Waals surface area contributed by atoms with E-state index in [1.807, 2.05) is 0 Å². The maximum atomic E-state index is 14.1. The van der Waals surface area contributed by atoms with Crippen molar-refractivity contribution in [2.24, 2.45) is 7.05 Å². The van der Waals surface area contributed by atoms with Crippen molar-refractivity contribution in [3.63, 3.8) is 0 Å². The summed E-state index contributed by atoms with van der Waals surface area (Å²) < 4.78 is 31.7. The first-order valence-electron chi connectivity index (χ1n) is 9.04. The molecule has 0 fully saturated rings. The summed E-state index contributed by atoms with van der Waals surface area (Å²) in [6.07, 6.45) is 3.42. The summed E-state index contributed by atoms with van der Waals surface area (Å²) in [7, 11) is 1.65. The number of hydrogen-bond donors (Lipinski definition) is 3. The van der Waals surface area contributed by atoms with Crippen molar-refractivity contribution < 1.29 is 8.78 Å². The molecule has 3 rings (SSSR count). The van der Waals surface area contributed by atoms with E-state index in [1.165, 1.54) is 28.6 Å². The van der Waals surface area contributed by atoms with Gasteiger partial charge in [-0.3, -0.25) is 10.2 Å². The van der Waals surface area contributed by atoms with E-state index in [2.05, 4.69) is 15.0 Å². The molecule has 0 saturated carbocycles. The zero-order chi connectivity index (χ0) is 21.8. The maximum Gasteiger partial charge on any atom is 0.253 e. The summed E-state index contributed by atoms with van der Waals surface area (Å²) in [5, 5.41) is 10.7. The molecule has 30 heavy (non-hydrogen) atoms. The molecule has 9 heteroatoms. The van der Waals surface area contributed by atoms with Gasteiger partial charge < -0.3 is 14.6 Å². The standard InChI is InChI=1S/C21H21F2N5OS/c1-12-8-14(11-28(2)21(12)29)16-9-17(18(19(23)24)20(26-16)27-30-3)25-10-13-4-6-15(22)7-5-13/h4-9,11,24H,10H2,1-3H3,(H2,25,26,27). The molecule has 0 spiro atoms. The van der Waals surface area contributed by atoms with Crippen molar-refractivity contribution in [2.75, 3.05) is 16.3 Å². The number of rotatable bonds is 7. The lowest BCUT2D eigenvalue weighted by Gasteiger charge is -2.17. The van der Waals surface area contributed by atoms with Crippen LogP contribution in [0.3, 0.4) is 0 Å². The van der Waals surface area contributed by atoms with Crippen LogP contribution >= 0.6 is 11.9 Å². The molecule has 0 bridgehead atoms. The fraction of sp³-hybridized carbons (Fsp3) is 0.190. The topological polar surface area (TPSA) is 82.8 Å². The SMILES string of the molecule is CSNc1nc(-c2cc(C)c(=O)n(C)c2)cc(NCc2ccc(F)cc2)c1C(=N)F. The minimum Gasteiger partial charge on any atom is -0.380 e. The van der Waals surface area contributed by atoms with Gasteiger partial charge in [0, 0.05) is 37.2 Å². The van der Waals surface area contributed by atoms with Gasteiger partial charge in [0.2, 0.25) is 5.97 Å². The first-order valence-corrected chi connectivity index (χ1v) is 10.3. The molecule has 1 aromatic carbocycles. The second-order valence-corrected chi connectivity index (χ2v) is 7.32. The molecule has 0 aliphatic carbocycles. The number of anilines is 2. The van der Waals surface area contributed by atoms with Crippen LogP contribution in [0.5, 0.6) is 0 Å². The number of aromatic nitrogens is 2. The fourth-order valence-corrected chi connectivity index (χ4v) is 3.38. The van der Waals surface area contributed by atoms with E-state index >= 15 is 0 Å². The number of nitrogens with zero attached hydrogens (tertiary/aromatic N) is 2. The van der Waals surface area contributed by atoms with Gasteiger partial charge in [0.1, 0.15) is 5.82 Å². The van der Waals surface area contributed by atoms with Crippen LogP contribution in [0.15, 0.2) is 47.4 Å². The lowest BCUT2D eigenvalue weighted by Crippen LogP contribution is -2.18. The first-order chi connectivity index (χ1) is 14.3. The first kappa shape index (κ1) is 21.5. The molecular formula is C21H21F2N5OS. The van der Waals surface area contributed by atoms with Crippen molar-refractivity contribution in [1.82, 2.24) is 9.55 Å². The Kier molecular flexibility index (Phi) is 6.51. The van der Waals surface area contributed by atoms with Crippen molar-refractivity contribution in [1.29, 1.82) is 5.41 Å². The number of pyridine rings is 2. The zero-order valence-electron chi connectivity index (χ0n) is 16.7. The Morgan fingerprint density at radius 2 is 1.97 bits per heavy atom. The third kappa shape index (κ3) is 4.68. The molecule has 0 saturated heterocycles. The minimum absolute atomic E-state index is 0.00301. The fourth-order valence-electron chi connectivity index (χ4n) is 3.04. The zero-order valence-corrected chi connectivity index (χ0v) is 17.5. The predicted molar refractivity (Wildman–Crippen MR) is 118 cm³/mol. The summed E-state index contributed by atoms with van der Waals surface area (Å²) >= 11 is 1.22. The molecule has 2 aromatic heterocycles. The Bertz CT molecular complexity index is 1120. The summed E-state index contributed by atoms with van der Waals surface area (Å²) in [4.78, 5) is 16.5. The summed E-state index contributed by atoms with van der Waals surface area (Å²) in [5.74, 6) is -1.28. The molecule has 6 nitrogen and oxygen atoms in total. The molecule has 3 N–H and O–H groups in total. The van der Waals surface area contributed by atoms with Gasteiger partial charge in [0.15, 0.2) is 5.82 Å². The van der Waals surface area contributed by atoms with E-state index in [-0.39, 0.29) is 22.8 Å². The second kappa shape index (κ2) is 9.08. The Labute approximate surface area is 177 Å². The number of benzene rings is 1. The monoisotopic (exact) mass is 429 g/mol. The van der Waals surface area contributed by atoms with Crippen molar-refractivity contribution in [3.8, 4) is 11.3 Å². The van der Waals surface area contributed by atoms with Gasteiger partial charge in [0.05, 0.1) is 16.9 Å². The summed E-state index contributed by atoms with van der Waals surface area (Å²) in [5.41, 5.74) is 2.79. The maximum absolute atomic E-state index is 14.1. The molecule has 0 amide bonds. The number of nitrogens with one attached hydrogen (secondary N) is 3. The van der Waals surface area contributed by atoms with Gasteiger partial charge in [-0.1, -0.05) is 24.1 Å². The number of hydrogen-bond acceptors (Lipinski definition) is 6. The molecule has 0 unspecified atom stereocenters. The minimum atomic E-state index is -1.14. The highest BCUT2D eigenvalue weighted by molar-refractivity contribution is 7.99. The van der Waals surface area contributed by atoms with Gasteiger partial charge in [-0.15, -0.1) is 0 Å². The average Bonchev–Trinajstić information content (AvgIpc) is 2.71. The lowest BCUT2D eigenvalue weighted by molar-refractivity contribution is 0.627. The Morgan fingerprint density at radius 1 is 1.27 bits per heavy atom. The average molecular weight is 429 g/mol. The molecule has 3 aromatic rings. The van der Waals surface area contributed by atoms with E-state index in [9.17, 15) is 13.6 Å². The number of halogens is 2. The summed E-state index contributed by atoms with van der Waals surface area (Å²) in [6, 6.07) is 9.31. The van der Waals surface area contributed by atoms with E-state index in [0.717, 1.165) is 5.56 Å². The summed E-state index contributed by atoms with van der Waals surface area (Å²) in [6.45, 7) is 2.02. The largest absolute Gasteiger partial charge is 0.380 e. The van der Waals surface area contributed by atoms with Crippen molar-refractivity contribution >= 4 is 29.4 Å². The van der Waals surface area contributed by atoms with Gasteiger partial charge >= 0.3 is 0 Å². The third-order valence-corrected chi connectivity index (χ3v) is 4.89. The highest BCUT2D eigenvalue weighted by Gasteiger charge is 2.18. The van der Waals surface area contributed by atoms with Crippen LogP contribution in [0.25, 0.3) is 11.3 Å². The van der Waals surface area contributed by atoms with E-state index in [1.54, 1.807) is 50.7 Å². The molecule has 2 heterocycles. The van der Waals surface area contributed by atoms with Crippen LogP contribution in [-0.2, 0) is 13.6 Å².